The van der Waals surface area contributed by atoms with E-state index in [1.54, 1.807) is 0 Å². The fourth-order valence-corrected chi connectivity index (χ4v) is 2.79. The van der Waals surface area contributed by atoms with E-state index in [1.807, 2.05) is 12.1 Å². The van der Waals surface area contributed by atoms with Crippen molar-refractivity contribution in [1.29, 1.82) is 0 Å². The summed E-state index contributed by atoms with van der Waals surface area (Å²) in [6.07, 6.45) is 3.37. The Kier molecular flexibility index (Phi) is 2.69. The van der Waals surface area contributed by atoms with Gasteiger partial charge in [-0.15, -0.1) is 0 Å². The minimum Gasteiger partial charge on any atom is -0.392 e. The van der Waals surface area contributed by atoms with Crippen LogP contribution in [0.3, 0.4) is 0 Å². The first kappa shape index (κ1) is 10.5. The Balaban J connectivity index is 2.26. The van der Waals surface area contributed by atoms with E-state index in [0.717, 1.165) is 18.4 Å². The monoisotopic (exact) mass is 224 g/mol. The zero-order valence-electron chi connectivity index (χ0n) is 9.82. The smallest absolute Gasteiger partial charge is 0.0684 e. The van der Waals surface area contributed by atoms with E-state index in [2.05, 4.69) is 30.3 Å². The zero-order valence-corrected chi connectivity index (χ0v) is 9.82. The van der Waals surface area contributed by atoms with E-state index in [1.165, 1.54) is 28.7 Å². The molecule has 0 atom stereocenters. The van der Waals surface area contributed by atoms with Crippen molar-refractivity contribution in [3.63, 3.8) is 0 Å². The summed E-state index contributed by atoms with van der Waals surface area (Å²) in [5.41, 5.74) is 6.50. The fraction of sp³-hybridized carbons (Fsp3) is 0.250. The number of aryl methyl sites for hydroxylation is 1. The van der Waals surface area contributed by atoms with Gasteiger partial charge in [-0.05, 0) is 47.1 Å². The quantitative estimate of drug-likeness (QED) is 0.787. The average molecular weight is 224 g/mol. The van der Waals surface area contributed by atoms with E-state index in [-0.39, 0.29) is 6.61 Å². The van der Waals surface area contributed by atoms with Crippen LogP contribution in [-0.2, 0) is 19.4 Å². The summed E-state index contributed by atoms with van der Waals surface area (Å²) in [5.74, 6) is 0. The number of aliphatic hydroxyl groups excluding tert-OH is 1. The van der Waals surface area contributed by atoms with Crippen LogP contribution in [0, 0.1) is 0 Å². The first-order valence-corrected chi connectivity index (χ1v) is 6.20. The Morgan fingerprint density at radius 1 is 0.882 bits per heavy atom. The standard InChI is InChI=1S/C16H16O/c17-11-13-7-4-10-16-14-8-2-1-5-12(14)6-3-9-15(13)16/h1-2,4-5,7-8,10,17H,3,6,9,11H2. The van der Waals surface area contributed by atoms with Crippen molar-refractivity contribution in [3.05, 3.63) is 59.2 Å². The third kappa shape index (κ3) is 1.77. The minimum atomic E-state index is 0.144. The Morgan fingerprint density at radius 2 is 1.71 bits per heavy atom. The van der Waals surface area contributed by atoms with Gasteiger partial charge in [-0.2, -0.15) is 0 Å². The zero-order chi connectivity index (χ0) is 11.7. The summed E-state index contributed by atoms with van der Waals surface area (Å²) < 4.78 is 0. The molecule has 86 valence electrons. The van der Waals surface area contributed by atoms with Gasteiger partial charge < -0.3 is 5.11 Å². The maximum absolute atomic E-state index is 9.43. The molecule has 0 amide bonds. The van der Waals surface area contributed by atoms with Crippen LogP contribution in [0.15, 0.2) is 42.5 Å². The number of aliphatic hydroxyl groups is 1. The molecule has 1 heteroatoms. The van der Waals surface area contributed by atoms with Gasteiger partial charge in [0.25, 0.3) is 0 Å². The van der Waals surface area contributed by atoms with Crippen molar-refractivity contribution in [2.45, 2.75) is 25.9 Å². The van der Waals surface area contributed by atoms with Crippen LogP contribution >= 0.6 is 0 Å². The number of fused-ring (bicyclic) bond motifs is 3. The lowest BCUT2D eigenvalue weighted by Crippen LogP contribution is -1.95. The Labute approximate surface area is 102 Å². The number of hydrogen-bond donors (Lipinski definition) is 1. The third-order valence-corrected chi connectivity index (χ3v) is 3.62. The molecule has 2 aromatic rings. The molecule has 2 aromatic carbocycles. The maximum Gasteiger partial charge on any atom is 0.0684 e. The van der Waals surface area contributed by atoms with Gasteiger partial charge >= 0.3 is 0 Å². The largest absolute Gasteiger partial charge is 0.392 e. The molecule has 0 aromatic heterocycles. The first-order valence-electron chi connectivity index (χ1n) is 6.20. The average Bonchev–Trinajstić information content (AvgIpc) is 2.58. The van der Waals surface area contributed by atoms with Crippen molar-refractivity contribution >= 4 is 0 Å². The van der Waals surface area contributed by atoms with Gasteiger partial charge in [-0.25, -0.2) is 0 Å². The van der Waals surface area contributed by atoms with Crippen LogP contribution < -0.4 is 0 Å². The van der Waals surface area contributed by atoms with Gasteiger partial charge in [-0.1, -0.05) is 42.5 Å². The molecule has 1 N–H and O–H groups in total. The van der Waals surface area contributed by atoms with Crippen LogP contribution in [0.1, 0.15) is 23.1 Å². The Bertz CT molecular complexity index is 543. The molecule has 0 saturated heterocycles. The summed E-state index contributed by atoms with van der Waals surface area (Å²) in [4.78, 5) is 0. The summed E-state index contributed by atoms with van der Waals surface area (Å²) in [6, 6.07) is 14.9. The molecule has 0 unspecified atom stereocenters. The molecular weight excluding hydrogens is 208 g/mol. The fourth-order valence-electron chi connectivity index (χ4n) is 2.79. The van der Waals surface area contributed by atoms with E-state index in [9.17, 15) is 5.11 Å². The molecule has 17 heavy (non-hydrogen) atoms. The normalized spacial score (nSPS) is 13.7. The number of hydrogen-bond acceptors (Lipinski definition) is 1. The molecule has 0 aliphatic heterocycles. The lowest BCUT2D eigenvalue weighted by atomic mass is 9.94. The van der Waals surface area contributed by atoms with E-state index in [4.69, 9.17) is 0 Å². The third-order valence-electron chi connectivity index (χ3n) is 3.62. The molecule has 0 bridgehead atoms. The van der Waals surface area contributed by atoms with Crippen molar-refractivity contribution < 1.29 is 5.11 Å². The second-order valence-electron chi connectivity index (χ2n) is 4.61. The van der Waals surface area contributed by atoms with Gasteiger partial charge in [0.05, 0.1) is 6.61 Å². The molecule has 0 saturated carbocycles. The van der Waals surface area contributed by atoms with Crippen LogP contribution in [0.25, 0.3) is 11.1 Å². The highest BCUT2D eigenvalue weighted by molar-refractivity contribution is 5.72. The maximum atomic E-state index is 9.43. The van der Waals surface area contributed by atoms with Gasteiger partial charge in [-0.3, -0.25) is 0 Å². The van der Waals surface area contributed by atoms with Gasteiger partial charge in [0.15, 0.2) is 0 Å². The topological polar surface area (TPSA) is 20.2 Å². The SMILES string of the molecule is OCc1cccc2c1CCCc1ccccc1-2. The summed E-state index contributed by atoms with van der Waals surface area (Å²) in [5, 5.41) is 9.43. The summed E-state index contributed by atoms with van der Waals surface area (Å²) >= 11 is 0. The first-order chi connectivity index (χ1) is 8.40. The Hall–Kier alpha value is -1.60. The Morgan fingerprint density at radius 3 is 2.59 bits per heavy atom. The van der Waals surface area contributed by atoms with Crippen LogP contribution in [0.4, 0.5) is 0 Å². The molecule has 1 aliphatic carbocycles. The van der Waals surface area contributed by atoms with E-state index < -0.39 is 0 Å². The van der Waals surface area contributed by atoms with Gasteiger partial charge in [0.1, 0.15) is 0 Å². The van der Waals surface area contributed by atoms with Crippen LogP contribution in [0.5, 0.6) is 0 Å². The van der Waals surface area contributed by atoms with Crippen molar-refractivity contribution in [2.24, 2.45) is 0 Å². The molecule has 1 nitrogen and oxygen atoms in total. The predicted octanol–water partition coefficient (Wildman–Crippen LogP) is 3.33. The van der Waals surface area contributed by atoms with Crippen molar-refractivity contribution in [3.8, 4) is 11.1 Å². The second kappa shape index (κ2) is 4.34. The van der Waals surface area contributed by atoms with E-state index in [0.29, 0.717) is 0 Å². The molecule has 0 spiro atoms. The molecule has 0 heterocycles. The predicted molar refractivity (Wildman–Crippen MR) is 69.8 cm³/mol. The van der Waals surface area contributed by atoms with E-state index >= 15 is 0 Å². The second-order valence-corrected chi connectivity index (χ2v) is 4.61. The van der Waals surface area contributed by atoms with Crippen LogP contribution in [0.2, 0.25) is 0 Å². The van der Waals surface area contributed by atoms with Crippen molar-refractivity contribution in [1.82, 2.24) is 0 Å². The minimum absolute atomic E-state index is 0.144. The highest BCUT2D eigenvalue weighted by Gasteiger charge is 2.15. The summed E-state index contributed by atoms with van der Waals surface area (Å²) in [6.45, 7) is 0.144. The molecular formula is C16H16O. The van der Waals surface area contributed by atoms with Crippen LogP contribution in [-0.4, -0.2) is 5.11 Å². The number of benzene rings is 2. The van der Waals surface area contributed by atoms with Crippen molar-refractivity contribution in [2.75, 3.05) is 0 Å². The molecule has 0 radical (unpaired) electrons. The van der Waals surface area contributed by atoms with Gasteiger partial charge in [0.2, 0.25) is 0 Å². The molecule has 3 rings (SSSR count). The highest BCUT2D eigenvalue weighted by Crippen LogP contribution is 2.33. The molecule has 1 aliphatic rings. The number of rotatable bonds is 1. The molecule has 0 fully saturated rings. The lowest BCUT2D eigenvalue weighted by molar-refractivity contribution is 0.280. The highest BCUT2D eigenvalue weighted by atomic mass is 16.3. The summed E-state index contributed by atoms with van der Waals surface area (Å²) in [7, 11) is 0. The lowest BCUT2D eigenvalue weighted by Gasteiger charge is -2.12. The van der Waals surface area contributed by atoms with Gasteiger partial charge in [0, 0.05) is 0 Å².